The fourth-order valence-corrected chi connectivity index (χ4v) is 3.09. The van der Waals surface area contributed by atoms with Crippen molar-refractivity contribution in [2.45, 2.75) is 92.0 Å². The first-order chi connectivity index (χ1) is 10.2. The Labute approximate surface area is 132 Å². The normalized spacial score (nSPS) is 14.3. The van der Waals surface area contributed by atoms with Crippen LogP contribution < -0.4 is 0 Å². The molecule has 0 aliphatic rings. The Bertz CT molecular complexity index is 324. The van der Waals surface area contributed by atoms with Crippen molar-refractivity contribution >= 4 is 0 Å². The summed E-state index contributed by atoms with van der Waals surface area (Å²) in [6.45, 7) is 10.4. The van der Waals surface area contributed by atoms with E-state index in [2.05, 4.69) is 43.4 Å². The van der Waals surface area contributed by atoms with Crippen LogP contribution in [0.2, 0.25) is 0 Å². The molecule has 0 aliphatic carbocycles. The Hall–Kier alpha value is -0.790. The van der Waals surface area contributed by atoms with Gasteiger partial charge in [-0.1, -0.05) is 72.6 Å². The molecule has 0 fully saturated rings. The van der Waals surface area contributed by atoms with Gasteiger partial charge in [0, 0.05) is 25.4 Å². The van der Waals surface area contributed by atoms with Crippen LogP contribution in [0.3, 0.4) is 0 Å². The first-order valence-electron chi connectivity index (χ1n) is 9.24. The van der Waals surface area contributed by atoms with Crippen molar-refractivity contribution in [1.82, 2.24) is 9.55 Å². The second kappa shape index (κ2) is 10.9. The number of hydrogen-bond acceptors (Lipinski definition) is 1. The number of aromatic nitrogens is 2. The van der Waals surface area contributed by atoms with E-state index >= 15 is 0 Å². The predicted octanol–water partition coefficient (Wildman–Crippen LogP) is 5.86. The van der Waals surface area contributed by atoms with E-state index < -0.39 is 0 Å². The summed E-state index contributed by atoms with van der Waals surface area (Å²) in [5, 5.41) is 0. The Balaban J connectivity index is 2.58. The highest BCUT2D eigenvalue weighted by molar-refractivity contribution is 4.94. The average molecular weight is 293 g/mol. The number of hydrogen-bond donors (Lipinski definition) is 0. The van der Waals surface area contributed by atoms with E-state index in [4.69, 9.17) is 0 Å². The van der Waals surface area contributed by atoms with Gasteiger partial charge >= 0.3 is 0 Å². The van der Waals surface area contributed by atoms with E-state index in [9.17, 15) is 0 Å². The summed E-state index contributed by atoms with van der Waals surface area (Å²) in [5.41, 5.74) is 0. The van der Waals surface area contributed by atoms with E-state index in [0.29, 0.717) is 0 Å². The van der Waals surface area contributed by atoms with Crippen LogP contribution in [0, 0.1) is 11.8 Å². The van der Waals surface area contributed by atoms with E-state index in [0.717, 1.165) is 24.8 Å². The van der Waals surface area contributed by atoms with Crippen LogP contribution in [0.25, 0.3) is 0 Å². The van der Waals surface area contributed by atoms with Crippen molar-refractivity contribution < 1.29 is 0 Å². The summed E-state index contributed by atoms with van der Waals surface area (Å²) in [4.78, 5) is 4.64. The predicted molar refractivity (Wildman–Crippen MR) is 92.5 cm³/mol. The molecule has 0 amide bonds. The summed E-state index contributed by atoms with van der Waals surface area (Å²) in [6, 6.07) is 0. The van der Waals surface area contributed by atoms with E-state index in [1.54, 1.807) is 0 Å². The smallest absolute Gasteiger partial charge is 0.108 e. The molecule has 122 valence electrons. The highest BCUT2D eigenvalue weighted by Crippen LogP contribution is 2.20. The Morgan fingerprint density at radius 1 is 0.952 bits per heavy atom. The molecule has 0 saturated heterocycles. The Morgan fingerprint density at radius 3 is 2.14 bits per heavy atom. The molecule has 0 aliphatic heterocycles. The van der Waals surface area contributed by atoms with Gasteiger partial charge in [-0.05, 0) is 18.3 Å². The molecule has 0 saturated carbocycles. The van der Waals surface area contributed by atoms with Crippen molar-refractivity contribution in [3.8, 4) is 0 Å². The minimum absolute atomic E-state index is 0.807. The third-order valence-corrected chi connectivity index (χ3v) is 4.81. The zero-order valence-electron chi connectivity index (χ0n) is 14.8. The van der Waals surface area contributed by atoms with Crippen molar-refractivity contribution in [3.05, 3.63) is 18.2 Å². The Kier molecular flexibility index (Phi) is 9.45. The lowest BCUT2D eigenvalue weighted by atomic mass is 9.95. The second-order valence-electron chi connectivity index (χ2n) is 6.53. The van der Waals surface area contributed by atoms with Crippen LogP contribution in [0.1, 0.15) is 84.9 Å². The van der Waals surface area contributed by atoms with E-state index in [1.165, 1.54) is 57.2 Å². The lowest BCUT2D eigenvalue weighted by Gasteiger charge is -2.19. The highest BCUT2D eigenvalue weighted by atomic mass is 15.1. The summed E-state index contributed by atoms with van der Waals surface area (Å²) in [7, 11) is 0. The average Bonchev–Trinajstić information content (AvgIpc) is 2.94. The minimum Gasteiger partial charge on any atom is -0.335 e. The van der Waals surface area contributed by atoms with E-state index in [1.807, 2.05) is 6.20 Å². The van der Waals surface area contributed by atoms with Crippen molar-refractivity contribution in [2.75, 3.05) is 0 Å². The maximum atomic E-state index is 4.64. The van der Waals surface area contributed by atoms with Gasteiger partial charge in [0.15, 0.2) is 0 Å². The van der Waals surface area contributed by atoms with Gasteiger partial charge in [0.25, 0.3) is 0 Å². The lowest BCUT2D eigenvalue weighted by molar-refractivity contribution is 0.372. The molecule has 1 aromatic rings. The topological polar surface area (TPSA) is 17.8 Å². The number of imidazole rings is 1. The van der Waals surface area contributed by atoms with Crippen LogP contribution in [0.4, 0.5) is 0 Å². The van der Waals surface area contributed by atoms with Crippen LogP contribution in [-0.4, -0.2) is 9.55 Å². The zero-order chi connectivity index (χ0) is 15.5. The molecule has 0 aromatic carbocycles. The largest absolute Gasteiger partial charge is 0.335 e. The SMILES string of the molecule is CCCCC(CC)Cc1nccn1CC(CC)CCCC. The van der Waals surface area contributed by atoms with Gasteiger partial charge in [-0.3, -0.25) is 0 Å². The number of unbranched alkanes of at least 4 members (excludes halogenated alkanes) is 2. The molecule has 21 heavy (non-hydrogen) atoms. The molecule has 2 atom stereocenters. The van der Waals surface area contributed by atoms with Gasteiger partial charge in [0.1, 0.15) is 5.82 Å². The molecule has 2 heteroatoms. The molecule has 0 spiro atoms. The fourth-order valence-electron chi connectivity index (χ4n) is 3.09. The number of rotatable bonds is 12. The molecular formula is C19H36N2. The first-order valence-corrected chi connectivity index (χ1v) is 9.24. The molecule has 0 bridgehead atoms. The molecule has 1 aromatic heterocycles. The van der Waals surface area contributed by atoms with Crippen LogP contribution >= 0.6 is 0 Å². The maximum absolute atomic E-state index is 4.64. The standard InChI is InChI=1S/C19H36N2/c1-5-9-11-17(7-3)15-19-20-13-14-21(19)16-18(8-4)12-10-6-2/h13-14,17-18H,5-12,15-16H2,1-4H3. The van der Waals surface area contributed by atoms with Gasteiger partial charge in [0.2, 0.25) is 0 Å². The third-order valence-electron chi connectivity index (χ3n) is 4.81. The van der Waals surface area contributed by atoms with Crippen LogP contribution in [-0.2, 0) is 13.0 Å². The van der Waals surface area contributed by atoms with Crippen molar-refractivity contribution in [3.63, 3.8) is 0 Å². The highest BCUT2D eigenvalue weighted by Gasteiger charge is 2.14. The third kappa shape index (κ3) is 6.67. The summed E-state index contributed by atoms with van der Waals surface area (Å²) >= 11 is 0. The van der Waals surface area contributed by atoms with Crippen LogP contribution in [0.15, 0.2) is 12.4 Å². The van der Waals surface area contributed by atoms with Gasteiger partial charge in [0.05, 0.1) is 0 Å². The molecule has 1 heterocycles. The molecular weight excluding hydrogens is 256 g/mol. The summed E-state index contributed by atoms with van der Waals surface area (Å²) in [5.74, 6) is 2.93. The maximum Gasteiger partial charge on any atom is 0.108 e. The van der Waals surface area contributed by atoms with E-state index in [-0.39, 0.29) is 0 Å². The first kappa shape index (κ1) is 18.3. The molecule has 2 nitrogen and oxygen atoms in total. The quantitative estimate of drug-likeness (QED) is 0.472. The van der Waals surface area contributed by atoms with Crippen molar-refractivity contribution in [2.24, 2.45) is 11.8 Å². The number of nitrogens with zero attached hydrogens (tertiary/aromatic N) is 2. The Morgan fingerprint density at radius 2 is 1.57 bits per heavy atom. The summed E-state index contributed by atoms with van der Waals surface area (Å²) in [6.07, 6.45) is 15.9. The van der Waals surface area contributed by atoms with Gasteiger partial charge in [-0.15, -0.1) is 0 Å². The van der Waals surface area contributed by atoms with Gasteiger partial charge in [-0.2, -0.15) is 0 Å². The van der Waals surface area contributed by atoms with Crippen molar-refractivity contribution in [1.29, 1.82) is 0 Å². The lowest BCUT2D eigenvalue weighted by Crippen LogP contribution is -2.15. The van der Waals surface area contributed by atoms with Gasteiger partial charge in [-0.25, -0.2) is 4.98 Å². The minimum atomic E-state index is 0.807. The zero-order valence-corrected chi connectivity index (χ0v) is 14.8. The fraction of sp³-hybridized carbons (Fsp3) is 0.842. The molecule has 0 N–H and O–H groups in total. The second-order valence-corrected chi connectivity index (χ2v) is 6.53. The monoisotopic (exact) mass is 292 g/mol. The van der Waals surface area contributed by atoms with Gasteiger partial charge < -0.3 is 4.57 Å². The summed E-state index contributed by atoms with van der Waals surface area (Å²) < 4.78 is 2.43. The molecule has 2 unspecified atom stereocenters. The molecule has 0 radical (unpaired) electrons. The van der Waals surface area contributed by atoms with Crippen LogP contribution in [0.5, 0.6) is 0 Å². The molecule has 1 rings (SSSR count).